The van der Waals surface area contributed by atoms with Gasteiger partial charge in [0.25, 0.3) is 0 Å². The van der Waals surface area contributed by atoms with Gasteiger partial charge in [-0.25, -0.2) is 0 Å². The second-order valence-electron chi connectivity index (χ2n) is 12.4. The van der Waals surface area contributed by atoms with Crippen LogP contribution in [0.1, 0.15) is 28.2 Å². The molecular formula is C43H29NO. The number of ether oxygens (including phenoxy) is 1. The van der Waals surface area contributed by atoms with Crippen LogP contribution in [-0.4, -0.2) is 4.57 Å². The number of hydrogen-bond acceptors (Lipinski definition) is 1. The minimum atomic E-state index is -0.376. The molecule has 0 fully saturated rings. The maximum atomic E-state index is 6.59. The van der Waals surface area contributed by atoms with Gasteiger partial charge in [-0.2, -0.15) is 0 Å². The summed E-state index contributed by atoms with van der Waals surface area (Å²) in [5.41, 5.74) is 9.75. The van der Waals surface area contributed by atoms with Gasteiger partial charge in [-0.15, -0.1) is 0 Å². The Bertz CT molecular complexity index is 2370. The van der Waals surface area contributed by atoms with Crippen molar-refractivity contribution >= 4 is 23.1 Å². The van der Waals surface area contributed by atoms with E-state index in [1.54, 1.807) is 0 Å². The molecular weight excluding hydrogens is 546 g/mol. The zero-order valence-corrected chi connectivity index (χ0v) is 24.6. The Kier molecular flexibility index (Phi) is 5.07. The van der Waals surface area contributed by atoms with Crippen molar-refractivity contribution in [3.8, 4) is 28.3 Å². The van der Waals surface area contributed by atoms with Crippen LogP contribution in [-0.2, 0) is 5.41 Å². The van der Waals surface area contributed by atoms with Crippen LogP contribution in [0.2, 0.25) is 0 Å². The molecule has 45 heavy (non-hydrogen) atoms. The lowest BCUT2D eigenvalue weighted by atomic mass is 9.62. The van der Waals surface area contributed by atoms with Crippen molar-refractivity contribution in [2.45, 2.75) is 11.3 Å². The van der Waals surface area contributed by atoms with Crippen molar-refractivity contribution in [1.29, 1.82) is 0 Å². The van der Waals surface area contributed by atoms with E-state index in [9.17, 15) is 0 Å². The third-order valence-electron chi connectivity index (χ3n) is 10.3. The van der Waals surface area contributed by atoms with Gasteiger partial charge in [0.2, 0.25) is 0 Å². The monoisotopic (exact) mass is 575 g/mol. The highest BCUT2D eigenvalue weighted by Crippen LogP contribution is 2.64. The van der Waals surface area contributed by atoms with Gasteiger partial charge in [0.05, 0.1) is 16.3 Å². The van der Waals surface area contributed by atoms with Crippen LogP contribution < -0.4 is 15.3 Å². The van der Waals surface area contributed by atoms with Crippen molar-refractivity contribution in [2.75, 3.05) is 0 Å². The molecule has 2 nitrogen and oxygen atoms in total. The summed E-state index contributed by atoms with van der Waals surface area (Å²) in [5, 5.41) is 3.87. The number of para-hydroxylation sites is 3. The Labute approximate surface area is 261 Å². The molecule has 2 atom stereocenters. The molecule has 1 aliphatic heterocycles. The van der Waals surface area contributed by atoms with E-state index in [0.717, 1.165) is 11.5 Å². The number of fused-ring (bicyclic) bond motifs is 12. The van der Waals surface area contributed by atoms with Gasteiger partial charge in [0.1, 0.15) is 11.5 Å². The number of rotatable bonds is 2. The molecule has 0 radical (unpaired) electrons. The van der Waals surface area contributed by atoms with Gasteiger partial charge in [-0.05, 0) is 52.6 Å². The van der Waals surface area contributed by atoms with E-state index in [0.29, 0.717) is 0 Å². The smallest absolute Gasteiger partial charge is 0.131 e. The summed E-state index contributed by atoms with van der Waals surface area (Å²) >= 11 is 0. The largest absolute Gasteiger partial charge is 0.457 e. The molecule has 1 aromatic heterocycles. The van der Waals surface area contributed by atoms with Crippen LogP contribution in [0.25, 0.3) is 39.9 Å². The average molecular weight is 576 g/mol. The second kappa shape index (κ2) is 9.20. The normalized spacial score (nSPS) is 18.0. The quantitative estimate of drug-likeness (QED) is 0.201. The van der Waals surface area contributed by atoms with E-state index in [4.69, 9.17) is 4.74 Å². The fourth-order valence-electron chi connectivity index (χ4n) is 8.57. The first kappa shape index (κ1) is 24.8. The molecule has 0 saturated carbocycles. The standard InChI is InChI=1S/C43H29NO/c1-2-12-28(13-3-1)29-22-24-30(25-23-29)44-39-19-9-5-15-32(39)34-26-33-31-14-4-6-16-35(31)43(38(33)27-40(34)44)36-17-7-10-20-41(36)45-42-21-11-8-18-37(42)43/h1-27,33,38H. The number of benzene rings is 6. The summed E-state index contributed by atoms with van der Waals surface area (Å²) in [7, 11) is 0. The van der Waals surface area contributed by atoms with Crippen molar-refractivity contribution in [2.24, 2.45) is 5.92 Å². The zero-order chi connectivity index (χ0) is 29.5. The molecule has 2 heterocycles. The first-order valence-corrected chi connectivity index (χ1v) is 15.8. The molecule has 2 aliphatic carbocycles. The van der Waals surface area contributed by atoms with E-state index in [2.05, 4.69) is 168 Å². The summed E-state index contributed by atoms with van der Waals surface area (Å²) in [6, 6.07) is 55.0. The van der Waals surface area contributed by atoms with Crippen LogP contribution in [0.15, 0.2) is 152 Å². The molecule has 1 spiro atoms. The predicted octanol–water partition coefficient (Wildman–Crippen LogP) is 8.73. The van der Waals surface area contributed by atoms with Gasteiger partial charge in [-0.1, -0.05) is 133 Å². The highest BCUT2D eigenvalue weighted by Gasteiger charge is 2.56. The lowest BCUT2D eigenvalue weighted by Gasteiger charge is -2.43. The highest BCUT2D eigenvalue weighted by molar-refractivity contribution is 5.86. The predicted molar refractivity (Wildman–Crippen MR) is 182 cm³/mol. The Hall–Kier alpha value is -5.60. The Balaban J connectivity index is 1.28. The molecule has 10 rings (SSSR count). The molecule has 0 bridgehead atoms. The Morgan fingerprint density at radius 3 is 1.87 bits per heavy atom. The van der Waals surface area contributed by atoms with Gasteiger partial charge in [-0.3, -0.25) is 0 Å². The lowest BCUT2D eigenvalue weighted by molar-refractivity contribution is 0.386. The van der Waals surface area contributed by atoms with Crippen LogP contribution >= 0.6 is 0 Å². The second-order valence-corrected chi connectivity index (χ2v) is 12.4. The minimum Gasteiger partial charge on any atom is -0.457 e. The summed E-state index contributed by atoms with van der Waals surface area (Å²) < 4.78 is 9.06. The first-order chi connectivity index (χ1) is 22.3. The fraction of sp³-hybridized carbons (Fsp3) is 0.0698. The molecule has 0 N–H and O–H groups in total. The van der Waals surface area contributed by atoms with Crippen LogP contribution in [0.4, 0.5) is 0 Å². The fourth-order valence-corrected chi connectivity index (χ4v) is 8.57. The van der Waals surface area contributed by atoms with Crippen molar-refractivity contribution in [1.82, 2.24) is 4.57 Å². The average Bonchev–Trinajstić information content (AvgIpc) is 3.58. The van der Waals surface area contributed by atoms with Crippen molar-refractivity contribution in [3.05, 3.63) is 184 Å². The molecule has 2 heteroatoms. The summed E-state index contributed by atoms with van der Waals surface area (Å²) in [6.45, 7) is 0. The molecule has 0 amide bonds. The van der Waals surface area contributed by atoms with Gasteiger partial charge < -0.3 is 9.30 Å². The number of aromatic nitrogens is 1. The maximum absolute atomic E-state index is 6.59. The summed E-state index contributed by atoms with van der Waals surface area (Å²) in [4.78, 5) is 0. The summed E-state index contributed by atoms with van der Waals surface area (Å²) in [5.74, 6) is 2.29. The topological polar surface area (TPSA) is 14.2 Å². The molecule has 7 aromatic rings. The summed E-state index contributed by atoms with van der Waals surface area (Å²) in [6.07, 6.45) is 5.15. The maximum Gasteiger partial charge on any atom is 0.131 e. The van der Waals surface area contributed by atoms with E-state index in [1.807, 2.05) is 0 Å². The van der Waals surface area contributed by atoms with Crippen LogP contribution in [0.5, 0.6) is 11.5 Å². The van der Waals surface area contributed by atoms with Crippen molar-refractivity contribution < 1.29 is 4.74 Å². The third kappa shape index (κ3) is 3.29. The first-order valence-electron chi connectivity index (χ1n) is 15.8. The SMILES string of the molecule is C1=c2c(n(-c3ccc(-c4ccccc4)cc3)c3ccccc23)=CC2C1c1ccccc1C21c2ccccc2Oc2ccccc21. The molecule has 3 aliphatic rings. The van der Waals surface area contributed by atoms with E-state index >= 15 is 0 Å². The molecule has 2 unspecified atom stereocenters. The van der Waals surface area contributed by atoms with E-state index < -0.39 is 0 Å². The number of nitrogens with zero attached hydrogens (tertiary/aromatic N) is 1. The van der Waals surface area contributed by atoms with Gasteiger partial charge in [0, 0.05) is 39.3 Å². The Morgan fingerprint density at radius 1 is 0.511 bits per heavy atom. The van der Waals surface area contributed by atoms with Gasteiger partial charge in [0.15, 0.2) is 0 Å². The van der Waals surface area contributed by atoms with Gasteiger partial charge >= 0.3 is 0 Å². The van der Waals surface area contributed by atoms with Crippen LogP contribution in [0.3, 0.4) is 0 Å². The van der Waals surface area contributed by atoms with E-state index in [1.165, 1.54) is 60.5 Å². The van der Waals surface area contributed by atoms with Crippen molar-refractivity contribution in [3.63, 3.8) is 0 Å². The Morgan fingerprint density at radius 2 is 1.11 bits per heavy atom. The number of hydrogen-bond donors (Lipinski definition) is 0. The molecule has 212 valence electrons. The van der Waals surface area contributed by atoms with E-state index in [-0.39, 0.29) is 17.3 Å². The highest BCUT2D eigenvalue weighted by atomic mass is 16.5. The van der Waals surface area contributed by atoms with Crippen LogP contribution in [0, 0.1) is 5.92 Å². The lowest BCUT2D eigenvalue weighted by Crippen LogP contribution is -2.42. The minimum absolute atomic E-state index is 0.167. The molecule has 0 saturated heterocycles. The third-order valence-corrected chi connectivity index (χ3v) is 10.3. The zero-order valence-electron chi connectivity index (χ0n) is 24.6. The molecule has 6 aromatic carbocycles.